The fourth-order valence-corrected chi connectivity index (χ4v) is 3.07. The first kappa shape index (κ1) is 19.5. The monoisotopic (exact) mass is 360 g/mol. The third-order valence-electron chi connectivity index (χ3n) is 4.26. The maximum absolute atomic E-state index is 12.5. The van der Waals surface area contributed by atoms with Gasteiger partial charge in [-0.1, -0.05) is 32.0 Å². The molecule has 7 nitrogen and oxygen atoms in total. The van der Waals surface area contributed by atoms with Crippen molar-refractivity contribution in [1.29, 1.82) is 0 Å². The zero-order chi connectivity index (χ0) is 19.3. The predicted molar refractivity (Wildman–Crippen MR) is 96.8 cm³/mol. The highest BCUT2D eigenvalue weighted by molar-refractivity contribution is 5.88. The van der Waals surface area contributed by atoms with Gasteiger partial charge >= 0.3 is 11.9 Å². The van der Waals surface area contributed by atoms with Crippen LogP contribution in [0.1, 0.15) is 32.3 Å². The number of aromatic amines is 1. The average molecular weight is 360 g/mol. The molecule has 2 atom stereocenters. The van der Waals surface area contributed by atoms with E-state index in [9.17, 15) is 19.5 Å². The van der Waals surface area contributed by atoms with E-state index in [1.807, 2.05) is 38.1 Å². The normalized spacial score (nSPS) is 13.5. The standard InChI is InChI=1S/C19H24N2O5/c1-11(2)7-12(9-17(22)23)18(24)21-16(19(25)26)8-13-10-20-15-6-4-3-5-14(13)15/h3-6,10-12,16,20H,7-9H2,1-2H3,(H,21,24)(H,22,23)(H,25,26)/t12-,16+/m1/s1. The summed E-state index contributed by atoms with van der Waals surface area (Å²) in [6.07, 6.45) is 1.92. The first-order valence-corrected chi connectivity index (χ1v) is 8.58. The molecule has 0 aliphatic rings. The van der Waals surface area contributed by atoms with E-state index in [1.54, 1.807) is 6.20 Å². The summed E-state index contributed by atoms with van der Waals surface area (Å²) in [5.74, 6) is -3.38. The maximum atomic E-state index is 12.5. The SMILES string of the molecule is CC(C)C[C@H](CC(=O)O)C(=O)N[C@@H](Cc1c[nH]c2ccccc12)C(=O)O. The second-order valence-electron chi connectivity index (χ2n) is 6.89. The van der Waals surface area contributed by atoms with Gasteiger partial charge in [0.1, 0.15) is 6.04 Å². The van der Waals surface area contributed by atoms with E-state index in [0.717, 1.165) is 16.5 Å². The van der Waals surface area contributed by atoms with Gasteiger partial charge < -0.3 is 20.5 Å². The number of carbonyl (C=O) groups is 3. The fourth-order valence-electron chi connectivity index (χ4n) is 3.07. The van der Waals surface area contributed by atoms with E-state index >= 15 is 0 Å². The number of carboxylic acids is 2. The lowest BCUT2D eigenvalue weighted by Crippen LogP contribution is -2.45. The Bertz CT molecular complexity index is 796. The highest BCUT2D eigenvalue weighted by atomic mass is 16.4. The first-order valence-electron chi connectivity index (χ1n) is 8.58. The Morgan fingerprint density at radius 1 is 1.15 bits per heavy atom. The van der Waals surface area contributed by atoms with Crippen LogP contribution < -0.4 is 5.32 Å². The van der Waals surface area contributed by atoms with Crippen LogP contribution in [-0.2, 0) is 20.8 Å². The third kappa shape index (κ3) is 5.08. The van der Waals surface area contributed by atoms with Crippen LogP contribution in [0.5, 0.6) is 0 Å². The van der Waals surface area contributed by atoms with Gasteiger partial charge in [0.2, 0.25) is 5.91 Å². The van der Waals surface area contributed by atoms with Crippen LogP contribution in [-0.4, -0.2) is 39.1 Å². The number of carboxylic acid groups (broad SMARTS) is 2. The molecule has 1 amide bonds. The average Bonchev–Trinajstić information content (AvgIpc) is 2.95. The number of benzene rings is 1. The molecular weight excluding hydrogens is 336 g/mol. The van der Waals surface area contributed by atoms with Crippen molar-refractivity contribution < 1.29 is 24.6 Å². The van der Waals surface area contributed by atoms with E-state index in [4.69, 9.17) is 5.11 Å². The van der Waals surface area contributed by atoms with Gasteiger partial charge in [-0.05, 0) is 24.0 Å². The Morgan fingerprint density at radius 3 is 2.46 bits per heavy atom. The molecule has 0 unspecified atom stereocenters. The summed E-state index contributed by atoms with van der Waals surface area (Å²) in [7, 11) is 0. The summed E-state index contributed by atoms with van der Waals surface area (Å²) in [6, 6.07) is 6.39. The van der Waals surface area contributed by atoms with Crippen molar-refractivity contribution in [2.45, 2.75) is 39.2 Å². The van der Waals surface area contributed by atoms with Crippen molar-refractivity contribution in [1.82, 2.24) is 10.3 Å². The molecule has 26 heavy (non-hydrogen) atoms. The van der Waals surface area contributed by atoms with Crippen molar-refractivity contribution >= 4 is 28.7 Å². The summed E-state index contributed by atoms with van der Waals surface area (Å²) in [4.78, 5) is 38.2. The Labute approximate surface area is 151 Å². The molecule has 0 radical (unpaired) electrons. The number of aliphatic carboxylic acids is 2. The molecule has 2 aromatic rings. The Kier molecular flexibility index (Phi) is 6.38. The van der Waals surface area contributed by atoms with Crippen molar-refractivity contribution in [3.63, 3.8) is 0 Å². The molecule has 1 aromatic heterocycles. The third-order valence-corrected chi connectivity index (χ3v) is 4.26. The summed E-state index contributed by atoms with van der Waals surface area (Å²) in [5, 5.41) is 21.9. The van der Waals surface area contributed by atoms with Crippen molar-refractivity contribution in [2.75, 3.05) is 0 Å². The highest BCUT2D eigenvalue weighted by Gasteiger charge is 2.28. The summed E-state index contributed by atoms with van der Waals surface area (Å²) in [5.41, 5.74) is 1.67. The summed E-state index contributed by atoms with van der Waals surface area (Å²) >= 11 is 0. The second-order valence-corrected chi connectivity index (χ2v) is 6.89. The molecule has 0 fully saturated rings. The van der Waals surface area contributed by atoms with Gasteiger partial charge in [-0.15, -0.1) is 0 Å². The molecule has 140 valence electrons. The maximum Gasteiger partial charge on any atom is 0.326 e. The number of para-hydroxylation sites is 1. The van der Waals surface area contributed by atoms with Crippen molar-refractivity contribution in [3.05, 3.63) is 36.0 Å². The van der Waals surface area contributed by atoms with Crippen LogP contribution in [0.2, 0.25) is 0 Å². The summed E-state index contributed by atoms with van der Waals surface area (Å²) < 4.78 is 0. The number of H-pyrrole nitrogens is 1. The zero-order valence-electron chi connectivity index (χ0n) is 14.9. The van der Waals surface area contributed by atoms with E-state index in [-0.39, 0.29) is 18.8 Å². The van der Waals surface area contributed by atoms with Crippen LogP contribution in [0.3, 0.4) is 0 Å². The number of nitrogens with one attached hydrogen (secondary N) is 2. The predicted octanol–water partition coefficient (Wildman–Crippen LogP) is 2.42. The molecule has 0 saturated heterocycles. The van der Waals surface area contributed by atoms with Crippen LogP contribution in [0, 0.1) is 11.8 Å². The van der Waals surface area contributed by atoms with Gasteiger partial charge in [-0.25, -0.2) is 4.79 Å². The van der Waals surface area contributed by atoms with Gasteiger partial charge in [0.25, 0.3) is 0 Å². The van der Waals surface area contributed by atoms with Crippen LogP contribution >= 0.6 is 0 Å². The lowest BCUT2D eigenvalue weighted by molar-refractivity contribution is -0.144. The van der Waals surface area contributed by atoms with Gasteiger partial charge in [-0.2, -0.15) is 0 Å². The molecule has 4 N–H and O–H groups in total. The molecule has 2 rings (SSSR count). The zero-order valence-corrected chi connectivity index (χ0v) is 14.9. The molecule has 1 heterocycles. The molecule has 0 aliphatic carbocycles. The number of hydrogen-bond acceptors (Lipinski definition) is 3. The van der Waals surface area contributed by atoms with Gasteiger partial charge in [0, 0.05) is 29.4 Å². The number of amides is 1. The first-order chi connectivity index (χ1) is 12.3. The molecule has 0 aliphatic heterocycles. The summed E-state index contributed by atoms with van der Waals surface area (Å²) in [6.45, 7) is 3.78. The lowest BCUT2D eigenvalue weighted by Gasteiger charge is -2.20. The quantitative estimate of drug-likeness (QED) is 0.547. The molecule has 7 heteroatoms. The van der Waals surface area contributed by atoms with E-state index < -0.39 is 29.8 Å². The van der Waals surface area contributed by atoms with Crippen molar-refractivity contribution in [3.8, 4) is 0 Å². The molecular formula is C19H24N2O5. The molecule has 0 saturated carbocycles. The minimum absolute atomic E-state index is 0.118. The molecule has 0 spiro atoms. The highest BCUT2D eigenvalue weighted by Crippen LogP contribution is 2.20. The van der Waals surface area contributed by atoms with Crippen LogP contribution in [0.15, 0.2) is 30.5 Å². The van der Waals surface area contributed by atoms with Gasteiger partial charge in [-0.3, -0.25) is 9.59 Å². The number of carbonyl (C=O) groups excluding carboxylic acids is 1. The number of hydrogen-bond donors (Lipinski definition) is 4. The van der Waals surface area contributed by atoms with Crippen LogP contribution in [0.25, 0.3) is 10.9 Å². The largest absolute Gasteiger partial charge is 0.481 e. The minimum Gasteiger partial charge on any atom is -0.481 e. The Hall–Kier alpha value is -2.83. The number of fused-ring (bicyclic) bond motifs is 1. The molecule has 0 bridgehead atoms. The number of rotatable bonds is 9. The second kappa shape index (κ2) is 8.51. The van der Waals surface area contributed by atoms with Crippen LogP contribution in [0.4, 0.5) is 0 Å². The van der Waals surface area contributed by atoms with Gasteiger partial charge in [0.15, 0.2) is 0 Å². The minimum atomic E-state index is -1.15. The topological polar surface area (TPSA) is 119 Å². The Balaban J connectivity index is 2.14. The molecule has 1 aromatic carbocycles. The number of aromatic nitrogens is 1. The van der Waals surface area contributed by atoms with Gasteiger partial charge in [0.05, 0.1) is 6.42 Å². The van der Waals surface area contributed by atoms with E-state index in [1.165, 1.54) is 0 Å². The smallest absolute Gasteiger partial charge is 0.326 e. The van der Waals surface area contributed by atoms with E-state index in [2.05, 4.69) is 10.3 Å². The Morgan fingerprint density at radius 2 is 1.85 bits per heavy atom. The fraction of sp³-hybridized carbons (Fsp3) is 0.421. The lowest BCUT2D eigenvalue weighted by atomic mass is 9.92. The van der Waals surface area contributed by atoms with E-state index in [0.29, 0.717) is 6.42 Å². The van der Waals surface area contributed by atoms with Crippen molar-refractivity contribution in [2.24, 2.45) is 11.8 Å².